The van der Waals surface area contributed by atoms with E-state index in [2.05, 4.69) is 5.32 Å². The van der Waals surface area contributed by atoms with Gasteiger partial charge in [0.2, 0.25) is 0 Å². The van der Waals surface area contributed by atoms with Crippen LogP contribution in [0.4, 0.5) is 13.2 Å². The highest BCUT2D eigenvalue weighted by Gasteiger charge is 2.36. The summed E-state index contributed by atoms with van der Waals surface area (Å²) in [5.41, 5.74) is 1.46. The summed E-state index contributed by atoms with van der Waals surface area (Å²) < 4.78 is 51.7. The fourth-order valence-electron chi connectivity index (χ4n) is 3.09. The molecule has 3 rings (SSSR count). The number of hydrogen-bond acceptors (Lipinski definition) is 5. The number of carboxylic acids is 1. The maximum absolute atomic E-state index is 13.5. The molecule has 2 aromatic carbocycles. The molecule has 0 fully saturated rings. The van der Waals surface area contributed by atoms with Crippen molar-refractivity contribution >= 4 is 17.3 Å². The highest BCUT2D eigenvalue weighted by atomic mass is 32.1. The van der Waals surface area contributed by atoms with Gasteiger partial charge in [0.25, 0.3) is 0 Å². The lowest BCUT2D eigenvalue weighted by molar-refractivity contribution is -0.137. The number of alkyl halides is 3. The molecule has 3 aromatic rings. The molecular formula is C23H22F3NO4S. The van der Waals surface area contributed by atoms with Crippen LogP contribution in [0.5, 0.6) is 11.5 Å². The molecular weight excluding hydrogens is 443 g/mol. The Kier molecular flexibility index (Phi) is 7.76. The Balaban J connectivity index is 1.71. The molecule has 0 bridgehead atoms. The van der Waals surface area contributed by atoms with Crippen molar-refractivity contribution in [3.8, 4) is 22.6 Å². The molecule has 0 unspecified atom stereocenters. The van der Waals surface area contributed by atoms with Crippen LogP contribution in [0.2, 0.25) is 0 Å². The molecule has 2 N–H and O–H groups in total. The summed E-state index contributed by atoms with van der Waals surface area (Å²) >= 11 is 0.670. The number of carbonyl (C=O) groups is 1. The van der Waals surface area contributed by atoms with Gasteiger partial charge in [-0.25, -0.2) is 0 Å². The van der Waals surface area contributed by atoms with Crippen LogP contribution in [0.25, 0.3) is 11.1 Å². The lowest BCUT2D eigenvalue weighted by Crippen LogP contribution is -2.18. The molecule has 0 saturated carbocycles. The monoisotopic (exact) mass is 465 g/mol. The van der Waals surface area contributed by atoms with Crippen molar-refractivity contribution < 1.29 is 32.5 Å². The first-order chi connectivity index (χ1) is 15.3. The van der Waals surface area contributed by atoms with E-state index in [-0.39, 0.29) is 18.6 Å². The number of thiophene rings is 1. The Labute approximate surface area is 187 Å². The van der Waals surface area contributed by atoms with E-state index in [1.807, 2.05) is 0 Å². The molecule has 32 heavy (non-hydrogen) atoms. The van der Waals surface area contributed by atoms with Gasteiger partial charge in [-0.05, 0) is 17.7 Å². The lowest BCUT2D eigenvalue weighted by Gasteiger charge is -2.12. The third-order valence-corrected chi connectivity index (χ3v) is 5.75. The molecule has 0 radical (unpaired) electrons. The maximum Gasteiger partial charge on any atom is 0.426 e. The largest absolute Gasteiger partial charge is 0.496 e. The van der Waals surface area contributed by atoms with E-state index in [1.54, 1.807) is 48.5 Å². The summed E-state index contributed by atoms with van der Waals surface area (Å²) in [5.74, 6) is 0.114. The Morgan fingerprint density at radius 1 is 1.12 bits per heavy atom. The smallest absolute Gasteiger partial charge is 0.426 e. The number of carboxylic acid groups (broad SMARTS) is 1. The Bertz CT molecular complexity index is 1050. The van der Waals surface area contributed by atoms with Gasteiger partial charge in [-0.1, -0.05) is 36.4 Å². The topological polar surface area (TPSA) is 67.8 Å². The molecule has 5 nitrogen and oxygen atoms in total. The van der Waals surface area contributed by atoms with Gasteiger partial charge in [0.1, 0.15) is 23.0 Å². The molecule has 1 heterocycles. The van der Waals surface area contributed by atoms with Crippen molar-refractivity contribution in [3.63, 3.8) is 0 Å². The average Bonchev–Trinajstić information content (AvgIpc) is 3.21. The molecule has 0 amide bonds. The Hall–Kier alpha value is -3.04. The minimum absolute atomic E-state index is 0.00913. The van der Waals surface area contributed by atoms with Crippen LogP contribution in [-0.2, 0) is 24.1 Å². The first kappa shape index (κ1) is 23.6. The van der Waals surface area contributed by atoms with Crippen molar-refractivity contribution in [2.75, 3.05) is 13.7 Å². The minimum atomic E-state index is -4.45. The number of methoxy groups -OCH3 is 1. The number of ether oxygens (including phenoxy) is 2. The van der Waals surface area contributed by atoms with E-state index in [0.717, 1.165) is 5.56 Å². The van der Waals surface area contributed by atoms with Gasteiger partial charge < -0.3 is 19.9 Å². The molecule has 0 spiro atoms. The summed E-state index contributed by atoms with van der Waals surface area (Å²) in [6.45, 7) is 0.720. The summed E-state index contributed by atoms with van der Waals surface area (Å²) in [6, 6.07) is 15.1. The van der Waals surface area contributed by atoms with E-state index < -0.39 is 17.0 Å². The van der Waals surface area contributed by atoms with E-state index in [0.29, 0.717) is 46.4 Å². The van der Waals surface area contributed by atoms with Crippen LogP contribution in [0.1, 0.15) is 21.7 Å². The molecule has 1 aromatic heterocycles. The van der Waals surface area contributed by atoms with Gasteiger partial charge in [-0.3, -0.25) is 4.79 Å². The van der Waals surface area contributed by atoms with Gasteiger partial charge in [0.15, 0.2) is 0 Å². The van der Waals surface area contributed by atoms with Crippen molar-refractivity contribution in [1.82, 2.24) is 5.32 Å². The van der Waals surface area contributed by atoms with E-state index in [4.69, 9.17) is 14.6 Å². The average molecular weight is 465 g/mol. The molecule has 9 heteroatoms. The van der Waals surface area contributed by atoms with Crippen molar-refractivity contribution in [2.24, 2.45) is 0 Å². The molecule has 0 aliphatic heterocycles. The number of aliphatic carboxylic acids is 1. The van der Waals surface area contributed by atoms with Crippen LogP contribution in [0, 0.1) is 0 Å². The van der Waals surface area contributed by atoms with Gasteiger partial charge in [-0.2, -0.15) is 13.2 Å². The second-order valence-electron chi connectivity index (χ2n) is 6.90. The zero-order valence-corrected chi connectivity index (χ0v) is 18.1. The SMILES string of the molecule is COc1cc(OCc2cc(-c3ccccc3)c(C(F)(F)F)s2)ccc1CNCCC(=O)O. The number of rotatable bonds is 10. The fourth-order valence-corrected chi connectivity index (χ4v) is 4.05. The lowest BCUT2D eigenvalue weighted by atomic mass is 10.1. The third kappa shape index (κ3) is 6.24. The van der Waals surface area contributed by atoms with Crippen LogP contribution >= 0.6 is 11.3 Å². The predicted octanol–water partition coefficient (Wildman–Crippen LogP) is 5.59. The van der Waals surface area contributed by atoms with Crippen LogP contribution < -0.4 is 14.8 Å². The number of hydrogen-bond donors (Lipinski definition) is 2. The van der Waals surface area contributed by atoms with Crippen molar-refractivity contribution in [2.45, 2.75) is 25.7 Å². The summed E-state index contributed by atoms with van der Waals surface area (Å²) in [4.78, 5) is 10.4. The first-order valence-corrected chi connectivity index (χ1v) is 10.6. The van der Waals surface area contributed by atoms with Crippen molar-refractivity contribution in [1.29, 1.82) is 0 Å². The number of benzene rings is 2. The molecule has 170 valence electrons. The second-order valence-corrected chi connectivity index (χ2v) is 8.04. The molecule has 0 aliphatic carbocycles. The van der Waals surface area contributed by atoms with Gasteiger partial charge in [0, 0.05) is 35.2 Å². The van der Waals surface area contributed by atoms with E-state index in [9.17, 15) is 18.0 Å². The molecule has 0 aliphatic rings. The van der Waals surface area contributed by atoms with Crippen LogP contribution in [0.3, 0.4) is 0 Å². The first-order valence-electron chi connectivity index (χ1n) is 9.75. The fraction of sp³-hybridized carbons (Fsp3) is 0.261. The maximum atomic E-state index is 13.5. The zero-order valence-electron chi connectivity index (χ0n) is 17.2. The summed E-state index contributed by atoms with van der Waals surface area (Å²) in [5, 5.41) is 11.7. The minimum Gasteiger partial charge on any atom is -0.496 e. The standard InChI is InChI=1S/C23H22F3NO4S/c1-30-20-11-17(8-7-16(20)13-27-10-9-21(28)29)31-14-18-12-19(15-5-3-2-4-6-15)22(32-18)23(24,25)26/h2-8,11-12,27H,9-10,13-14H2,1H3,(H,28,29). The Morgan fingerprint density at radius 3 is 2.53 bits per heavy atom. The molecule has 0 saturated heterocycles. The van der Waals surface area contributed by atoms with Crippen molar-refractivity contribution in [3.05, 3.63) is 69.9 Å². The highest BCUT2D eigenvalue weighted by Crippen LogP contribution is 2.43. The Morgan fingerprint density at radius 2 is 1.88 bits per heavy atom. The van der Waals surface area contributed by atoms with Gasteiger partial charge >= 0.3 is 12.1 Å². The van der Waals surface area contributed by atoms with Crippen LogP contribution in [-0.4, -0.2) is 24.7 Å². The second kappa shape index (κ2) is 10.5. The third-order valence-electron chi connectivity index (χ3n) is 4.60. The highest BCUT2D eigenvalue weighted by molar-refractivity contribution is 7.12. The molecule has 0 atom stereocenters. The zero-order chi connectivity index (χ0) is 23.1. The van der Waals surface area contributed by atoms with Crippen LogP contribution in [0.15, 0.2) is 54.6 Å². The van der Waals surface area contributed by atoms with Gasteiger partial charge in [-0.15, -0.1) is 11.3 Å². The number of nitrogens with one attached hydrogen (secondary N) is 1. The van der Waals surface area contributed by atoms with E-state index in [1.165, 1.54) is 13.2 Å². The summed E-state index contributed by atoms with van der Waals surface area (Å²) in [7, 11) is 1.50. The predicted molar refractivity (Wildman–Crippen MR) is 116 cm³/mol. The quantitative estimate of drug-likeness (QED) is 0.382. The van der Waals surface area contributed by atoms with Gasteiger partial charge in [0.05, 0.1) is 13.5 Å². The normalized spacial score (nSPS) is 11.4. The summed E-state index contributed by atoms with van der Waals surface area (Å²) in [6.07, 6.45) is -4.44. The number of halogens is 3. The van der Waals surface area contributed by atoms with E-state index >= 15 is 0 Å².